The van der Waals surface area contributed by atoms with Gasteiger partial charge in [-0.2, -0.15) is 5.26 Å². The van der Waals surface area contributed by atoms with Gasteiger partial charge in [0.05, 0.1) is 5.56 Å². The van der Waals surface area contributed by atoms with Crippen LogP contribution in [-0.4, -0.2) is 21.6 Å². The van der Waals surface area contributed by atoms with Crippen LogP contribution in [0.25, 0.3) is 0 Å². The van der Waals surface area contributed by atoms with E-state index in [9.17, 15) is 9.90 Å². The number of rotatable bonds is 5. The van der Waals surface area contributed by atoms with Gasteiger partial charge in [-0.3, -0.25) is 0 Å². The van der Waals surface area contributed by atoms with Crippen molar-refractivity contribution in [1.29, 1.82) is 5.26 Å². The monoisotopic (exact) mass is 233 g/mol. The molecule has 0 saturated carbocycles. The average Bonchev–Trinajstić information content (AvgIpc) is 2.36. The molecule has 0 aliphatic rings. The first-order valence-corrected chi connectivity index (χ1v) is 5.45. The highest BCUT2D eigenvalue weighted by molar-refractivity contribution is 5.82. The molecule has 0 amide bonds. The molecule has 0 aliphatic carbocycles. The molecule has 0 spiro atoms. The molecule has 0 radical (unpaired) electrons. The molecule has 1 rings (SSSR count). The molecule has 0 saturated heterocycles. The summed E-state index contributed by atoms with van der Waals surface area (Å²) < 4.78 is 0. The van der Waals surface area contributed by atoms with Crippen molar-refractivity contribution in [2.75, 3.05) is 5.32 Å². The molecule has 0 unspecified atom stereocenters. The fourth-order valence-corrected chi connectivity index (χ4v) is 1.56. The summed E-state index contributed by atoms with van der Waals surface area (Å²) in [5, 5.41) is 20.8. The van der Waals surface area contributed by atoms with E-state index in [2.05, 4.69) is 10.3 Å². The molecule has 5 nitrogen and oxygen atoms in total. The molecule has 17 heavy (non-hydrogen) atoms. The molecule has 1 heterocycles. The molecule has 0 bridgehead atoms. The standard InChI is InChI=1S/C12H15N3O2/c1-3-12(4-2,11(16)17)15-10-6-5-9(7-13)8-14-10/h5-6,8H,3-4H2,1-2H3,(H,14,15)(H,16,17). The number of nitrogens with zero attached hydrogens (tertiary/aromatic N) is 2. The van der Waals surface area contributed by atoms with Gasteiger partial charge in [-0.1, -0.05) is 13.8 Å². The second-order valence-corrected chi connectivity index (χ2v) is 3.76. The number of nitrogens with one attached hydrogen (secondary N) is 1. The van der Waals surface area contributed by atoms with Gasteiger partial charge in [0.15, 0.2) is 0 Å². The highest BCUT2D eigenvalue weighted by atomic mass is 16.4. The van der Waals surface area contributed by atoms with E-state index < -0.39 is 11.5 Å². The molecular weight excluding hydrogens is 218 g/mol. The first-order valence-electron chi connectivity index (χ1n) is 5.45. The number of pyridine rings is 1. The lowest BCUT2D eigenvalue weighted by molar-refractivity contribution is -0.142. The lowest BCUT2D eigenvalue weighted by Crippen LogP contribution is -2.45. The summed E-state index contributed by atoms with van der Waals surface area (Å²) in [6, 6.07) is 5.18. The molecule has 0 aliphatic heterocycles. The molecule has 90 valence electrons. The van der Waals surface area contributed by atoms with Crippen LogP contribution in [0.1, 0.15) is 32.3 Å². The minimum atomic E-state index is -0.999. The predicted octanol–water partition coefficient (Wildman–Crippen LogP) is 2.01. The van der Waals surface area contributed by atoms with E-state index in [1.54, 1.807) is 12.1 Å². The van der Waals surface area contributed by atoms with Crippen molar-refractivity contribution in [1.82, 2.24) is 4.98 Å². The number of carboxylic acid groups (broad SMARTS) is 1. The summed E-state index contributed by atoms with van der Waals surface area (Å²) in [7, 11) is 0. The van der Waals surface area contributed by atoms with Crippen LogP contribution in [-0.2, 0) is 4.79 Å². The molecule has 0 atom stereocenters. The molecule has 2 N–H and O–H groups in total. The summed E-state index contributed by atoms with van der Waals surface area (Å²) in [6.45, 7) is 3.63. The van der Waals surface area contributed by atoms with Crippen LogP contribution in [0.4, 0.5) is 5.82 Å². The number of hydrogen-bond acceptors (Lipinski definition) is 4. The smallest absolute Gasteiger partial charge is 0.329 e. The van der Waals surface area contributed by atoms with E-state index in [0.29, 0.717) is 24.2 Å². The van der Waals surface area contributed by atoms with Crippen molar-refractivity contribution in [3.63, 3.8) is 0 Å². The van der Waals surface area contributed by atoms with Gasteiger partial charge >= 0.3 is 5.97 Å². The third-order valence-electron chi connectivity index (χ3n) is 2.88. The number of nitriles is 1. The normalized spacial score (nSPS) is 10.6. The second-order valence-electron chi connectivity index (χ2n) is 3.76. The van der Waals surface area contributed by atoms with Gasteiger partial charge in [0.2, 0.25) is 0 Å². The van der Waals surface area contributed by atoms with Gasteiger partial charge in [-0.05, 0) is 25.0 Å². The zero-order valence-corrected chi connectivity index (χ0v) is 9.90. The Morgan fingerprint density at radius 1 is 1.53 bits per heavy atom. The van der Waals surface area contributed by atoms with Gasteiger partial charge < -0.3 is 10.4 Å². The maximum atomic E-state index is 11.3. The molecule has 1 aromatic rings. The Morgan fingerprint density at radius 2 is 2.18 bits per heavy atom. The summed E-state index contributed by atoms with van der Waals surface area (Å²) in [4.78, 5) is 15.3. The first-order chi connectivity index (χ1) is 8.07. The topological polar surface area (TPSA) is 86.0 Å². The SMILES string of the molecule is CCC(CC)(Nc1ccc(C#N)cn1)C(=O)O. The largest absolute Gasteiger partial charge is 0.480 e. The zero-order chi connectivity index (χ0) is 12.9. The summed E-state index contributed by atoms with van der Waals surface area (Å²) in [5.41, 5.74) is -0.550. The second kappa shape index (κ2) is 5.30. The van der Waals surface area contributed by atoms with Crippen molar-refractivity contribution in [2.45, 2.75) is 32.2 Å². The van der Waals surface area contributed by atoms with Crippen LogP contribution in [0.2, 0.25) is 0 Å². The third-order valence-corrected chi connectivity index (χ3v) is 2.88. The summed E-state index contributed by atoms with van der Waals surface area (Å²) in [5.74, 6) is -0.427. The number of anilines is 1. The fourth-order valence-electron chi connectivity index (χ4n) is 1.56. The van der Waals surface area contributed by atoms with E-state index in [1.807, 2.05) is 19.9 Å². The van der Waals surface area contributed by atoms with Crippen molar-refractivity contribution in [2.24, 2.45) is 0 Å². The minimum absolute atomic E-state index is 0.449. The van der Waals surface area contributed by atoms with Gasteiger partial charge in [0, 0.05) is 6.20 Å². The summed E-state index contributed by atoms with van der Waals surface area (Å²) in [6.07, 6.45) is 2.33. The van der Waals surface area contributed by atoms with Crippen LogP contribution < -0.4 is 5.32 Å². The maximum Gasteiger partial charge on any atom is 0.329 e. The Balaban J connectivity index is 2.94. The van der Waals surface area contributed by atoms with Crippen molar-refractivity contribution < 1.29 is 9.90 Å². The van der Waals surface area contributed by atoms with E-state index >= 15 is 0 Å². The van der Waals surface area contributed by atoms with E-state index in [-0.39, 0.29) is 0 Å². The lowest BCUT2D eigenvalue weighted by Gasteiger charge is -2.28. The van der Waals surface area contributed by atoms with Crippen molar-refractivity contribution >= 4 is 11.8 Å². The minimum Gasteiger partial charge on any atom is -0.480 e. The van der Waals surface area contributed by atoms with Crippen LogP contribution >= 0.6 is 0 Å². The lowest BCUT2D eigenvalue weighted by atomic mass is 9.93. The molecule has 1 aromatic heterocycles. The highest BCUT2D eigenvalue weighted by Gasteiger charge is 2.34. The number of carboxylic acids is 1. The number of aromatic nitrogens is 1. The quantitative estimate of drug-likeness (QED) is 0.812. The van der Waals surface area contributed by atoms with Gasteiger partial charge in [-0.25, -0.2) is 9.78 Å². The fraction of sp³-hybridized carbons (Fsp3) is 0.417. The summed E-state index contributed by atoms with van der Waals surface area (Å²) >= 11 is 0. The Morgan fingerprint density at radius 3 is 2.53 bits per heavy atom. The highest BCUT2D eigenvalue weighted by Crippen LogP contribution is 2.21. The van der Waals surface area contributed by atoms with E-state index in [4.69, 9.17) is 5.26 Å². The molecular formula is C12H15N3O2. The maximum absolute atomic E-state index is 11.3. The Hall–Kier alpha value is -2.09. The average molecular weight is 233 g/mol. The Bertz CT molecular complexity index is 430. The van der Waals surface area contributed by atoms with Gasteiger partial charge in [0.1, 0.15) is 17.4 Å². The van der Waals surface area contributed by atoms with E-state index in [1.165, 1.54) is 6.20 Å². The van der Waals surface area contributed by atoms with Crippen LogP contribution in [0.5, 0.6) is 0 Å². The molecule has 5 heteroatoms. The van der Waals surface area contributed by atoms with Crippen molar-refractivity contribution in [3.05, 3.63) is 23.9 Å². The number of hydrogen-bond donors (Lipinski definition) is 2. The molecule has 0 aromatic carbocycles. The van der Waals surface area contributed by atoms with E-state index in [0.717, 1.165) is 0 Å². The zero-order valence-electron chi connectivity index (χ0n) is 9.90. The third kappa shape index (κ3) is 2.72. The molecule has 0 fully saturated rings. The van der Waals surface area contributed by atoms with Crippen molar-refractivity contribution in [3.8, 4) is 6.07 Å². The van der Waals surface area contributed by atoms with Gasteiger partial charge in [0.25, 0.3) is 0 Å². The number of carbonyl (C=O) groups is 1. The van der Waals surface area contributed by atoms with Gasteiger partial charge in [-0.15, -0.1) is 0 Å². The Labute approximate surface area is 100 Å². The Kier molecular flexibility index (Phi) is 4.05. The first kappa shape index (κ1) is 13.0. The van der Waals surface area contributed by atoms with Crippen LogP contribution in [0.3, 0.4) is 0 Å². The van der Waals surface area contributed by atoms with Crippen LogP contribution in [0.15, 0.2) is 18.3 Å². The number of aliphatic carboxylic acids is 1. The predicted molar refractivity (Wildman–Crippen MR) is 63.5 cm³/mol. The van der Waals surface area contributed by atoms with Crippen LogP contribution in [0, 0.1) is 11.3 Å².